The summed E-state index contributed by atoms with van der Waals surface area (Å²) in [5.74, 6) is 0.365. The normalized spacial score (nSPS) is 16.5. The Morgan fingerprint density at radius 2 is 2.08 bits per heavy atom. The van der Waals surface area contributed by atoms with Gasteiger partial charge in [0.25, 0.3) is 11.8 Å². The molecule has 0 unspecified atom stereocenters. The van der Waals surface area contributed by atoms with E-state index in [0.717, 1.165) is 11.3 Å². The molecule has 1 aliphatic heterocycles. The molecule has 2 amide bonds. The minimum atomic E-state index is -0.295. The topological polar surface area (TPSA) is 91.5 Å². The number of nitrogens with one attached hydrogen (secondary N) is 1. The van der Waals surface area contributed by atoms with Crippen molar-refractivity contribution in [2.75, 3.05) is 20.1 Å². The van der Waals surface area contributed by atoms with Gasteiger partial charge in [0, 0.05) is 18.5 Å². The molecule has 26 heavy (non-hydrogen) atoms. The fourth-order valence-corrected chi connectivity index (χ4v) is 2.91. The van der Waals surface area contributed by atoms with Crippen LogP contribution in [0.25, 0.3) is 0 Å². The molecule has 3 rings (SSSR count). The molecule has 1 aromatic carbocycles. The van der Waals surface area contributed by atoms with Crippen LogP contribution >= 0.6 is 11.6 Å². The smallest absolute Gasteiger partial charge is 0.298 e. The summed E-state index contributed by atoms with van der Waals surface area (Å²) in [6, 6.07) is 10.7. The van der Waals surface area contributed by atoms with E-state index in [2.05, 4.69) is 10.4 Å². The molecular formula is C18H20ClN4O3+. The fraction of sp³-hybridized carbons (Fsp3) is 0.278. The van der Waals surface area contributed by atoms with E-state index in [-0.39, 0.29) is 30.9 Å². The molecule has 0 radical (unpaired) electrons. The van der Waals surface area contributed by atoms with Crippen molar-refractivity contribution >= 4 is 29.1 Å². The zero-order chi connectivity index (χ0) is 18.5. The molecule has 0 fully saturated rings. The summed E-state index contributed by atoms with van der Waals surface area (Å²) in [6.45, 7) is 0.317. The lowest BCUT2D eigenvalue weighted by Crippen LogP contribution is -2.88. The number of halogens is 1. The second kappa shape index (κ2) is 8.16. The second-order valence-corrected chi connectivity index (χ2v) is 6.33. The number of nitrogens with zero attached hydrogens (tertiary/aromatic N) is 2. The first-order chi connectivity index (χ1) is 12.6. The van der Waals surface area contributed by atoms with E-state index in [1.807, 2.05) is 18.2 Å². The van der Waals surface area contributed by atoms with Gasteiger partial charge in [-0.2, -0.15) is 5.10 Å². The third kappa shape index (κ3) is 4.12. The van der Waals surface area contributed by atoms with Crippen LogP contribution in [0.1, 0.15) is 23.8 Å². The largest absolute Gasteiger partial charge is 0.467 e. The van der Waals surface area contributed by atoms with E-state index in [4.69, 9.17) is 16.0 Å². The average molecular weight is 376 g/mol. The van der Waals surface area contributed by atoms with Crippen molar-refractivity contribution in [3.8, 4) is 0 Å². The number of hydrogen-bond donors (Lipinski definition) is 2. The maximum atomic E-state index is 12.6. The first-order valence-corrected chi connectivity index (χ1v) is 8.67. The Kier molecular flexibility index (Phi) is 5.70. The Morgan fingerprint density at radius 3 is 2.73 bits per heavy atom. The van der Waals surface area contributed by atoms with Crippen LogP contribution in [-0.4, -0.2) is 42.7 Å². The summed E-state index contributed by atoms with van der Waals surface area (Å²) >= 11 is 5.95. The maximum absolute atomic E-state index is 12.6. The van der Waals surface area contributed by atoms with Gasteiger partial charge < -0.3 is 15.1 Å². The van der Waals surface area contributed by atoms with Gasteiger partial charge in [0.2, 0.25) is 0 Å². The van der Waals surface area contributed by atoms with Crippen LogP contribution < -0.4 is 10.6 Å². The molecule has 0 aliphatic carbocycles. The Labute approximate surface area is 156 Å². The third-order valence-corrected chi connectivity index (χ3v) is 4.39. The van der Waals surface area contributed by atoms with Crippen molar-refractivity contribution in [3.63, 3.8) is 0 Å². The number of carbonyl (C=O) groups excluding carboxylic acids is 2. The summed E-state index contributed by atoms with van der Waals surface area (Å²) < 4.78 is 5.50. The lowest BCUT2D eigenvalue weighted by molar-refractivity contribution is -0.633. The molecule has 0 bridgehead atoms. The predicted molar refractivity (Wildman–Crippen MR) is 96.6 cm³/mol. The number of quaternary nitrogens is 1. The zero-order valence-electron chi connectivity index (χ0n) is 14.3. The van der Waals surface area contributed by atoms with Gasteiger partial charge in [0.1, 0.15) is 11.8 Å². The number of furan rings is 1. The highest BCUT2D eigenvalue weighted by molar-refractivity contribution is 6.30. The van der Waals surface area contributed by atoms with Crippen LogP contribution in [0.15, 0.2) is 52.2 Å². The van der Waals surface area contributed by atoms with Crippen molar-refractivity contribution in [2.24, 2.45) is 5.10 Å². The van der Waals surface area contributed by atoms with Gasteiger partial charge in [-0.15, -0.1) is 0 Å². The molecule has 2 aromatic rings. The monoisotopic (exact) mass is 375 g/mol. The standard InChI is InChI=1S/C18H19ClN4O3/c1-20-17(24)10-21-11-18(25)23-15(16-3-2-8-26-16)9-14(22-23)12-4-6-13(19)7-5-12/h2-8,15,21H,9-11H2,1H3,(H,20,24)/p+1/t15-/m1/s1. The number of nitrogens with two attached hydrogens (primary N) is 1. The molecule has 3 N–H and O–H groups in total. The van der Waals surface area contributed by atoms with Crippen LogP contribution in [-0.2, 0) is 9.59 Å². The summed E-state index contributed by atoms with van der Waals surface area (Å²) in [5.41, 5.74) is 1.71. The van der Waals surface area contributed by atoms with Gasteiger partial charge in [0.05, 0.1) is 12.0 Å². The van der Waals surface area contributed by atoms with Gasteiger partial charge in [-0.25, -0.2) is 5.01 Å². The molecule has 0 saturated carbocycles. The average Bonchev–Trinajstić information content (AvgIpc) is 3.31. The Hall–Kier alpha value is -2.64. The quantitative estimate of drug-likeness (QED) is 0.786. The minimum absolute atomic E-state index is 0.127. The molecule has 7 nitrogen and oxygen atoms in total. The maximum Gasteiger partial charge on any atom is 0.298 e. The van der Waals surface area contributed by atoms with Gasteiger partial charge >= 0.3 is 0 Å². The Balaban J connectivity index is 1.77. The van der Waals surface area contributed by atoms with E-state index in [9.17, 15) is 9.59 Å². The van der Waals surface area contributed by atoms with E-state index in [1.165, 1.54) is 5.01 Å². The molecular weight excluding hydrogens is 356 g/mol. The molecule has 2 heterocycles. The van der Waals surface area contributed by atoms with Crippen molar-refractivity contribution in [1.29, 1.82) is 0 Å². The predicted octanol–water partition coefficient (Wildman–Crippen LogP) is 0.920. The number of hydrogen-bond acceptors (Lipinski definition) is 4. The first kappa shape index (κ1) is 18.2. The molecule has 1 atom stereocenters. The summed E-state index contributed by atoms with van der Waals surface area (Å²) in [7, 11) is 1.56. The van der Waals surface area contributed by atoms with Crippen molar-refractivity contribution in [3.05, 3.63) is 59.0 Å². The molecule has 0 saturated heterocycles. The molecule has 8 heteroatoms. The Morgan fingerprint density at radius 1 is 1.31 bits per heavy atom. The van der Waals surface area contributed by atoms with E-state index < -0.39 is 0 Å². The number of amides is 2. The summed E-state index contributed by atoms with van der Waals surface area (Å²) in [6.07, 6.45) is 2.13. The number of hydrazone groups is 1. The number of benzene rings is 1. The van der Waals surface area contributed by atoms with Crippen molar-refractivity contribution in [2.45, 2.75) is 12.5 Å². The molecule has 0 spiro atoms. The number of rotatable bonds is 6. The Bertz CT molecular complexity index is 802. The third-order valence-electron chi connectivity index (χ3n) is 4.14. The van der Waals surface area contributed by atoms with Gasteiger partial charge in [-0.05, 0) is 29.8 Å². The number of likely N-dealkylation sites (N-methyl/N-ethyl adjacent to an activating group) is 1. The van der Waals surface area contributed by atoms with Gasteiger partial charge in [-0.3, -0.25) is 9.59 Å². The van der Waals surface area contributed by atoms with Crippen LogP contribution in [0.2, 0.25) is 5.02 Å². The number of carbonyl (C=O) groups is 2. The van der Waals surface area contributed by atoms with Crippen LogP contribution in [0, 0.1) is 0 Å². The molecule has 136 valence electrons. The van der Waals surface area contributed by atoms with Crippen LogP contribution in [0.5, 0.6) is 0 Å². The van der Waals surface area contributed by atoms with E-state index in [1.54, 1.807) is 36.8 Å². The highest BCUT2D eigenvalue weighted by atomic mass is 35.5. The fourth-order valence-electron chi connectivity index (χ4n) is 2.78. The highest BCUT2D eigenvalue weighted by Crippen LogP contribution is 2.33. The van der Waals surface area contributed by atoms with Crippen molar-refractivity contribution < 1.29 is 19.3 Å². The van der Waals surface area contributed by atoms with Crippen LogP contribution in [0.3, 0.4) is 0 Å². The zero-order valence-corrected chi connectivity index (χ0v) is 15.1. The highest BCUT2D eigenvalue weighted by Gasteiger charge is 2.35. The second-order valence-electron chi connectivity index (χ2n) is 5.90. The minimum Gasteiger partial charge on any atom is -0.467 e. The summed E-state index contributed by atoms with van der Waals surface area (Å²) in [5, 5.41) is 10.8. The lowest BCUT2D eigenvalue weighted by Gasteiger charge is -2.18. The first-order valence-electron chi connectivity index (χ1n) is 8.29. The van der Waals surface area contributed by atoms with Gasteiger partial charge in [0.15, 0.2) is 13.1 Å². The van der Waals surface area contributed by atoms with Gasteiger partial charge in [-0.1, -0.05) is 23.7 Å². The SMILES string of the molecule is CNC(=O)C[NH2+]CC(=O)N1N=C(c2ccc(Cl)cc2)C[C@@H]1c1ccco1. The van der Waals surface area contributed by atoms with Crippen LogP contribution in [0.4, 0.5) is 0 Å². The molecule has 1 aromatic heterocycles. The van der Waals surface area contributed by atoms with E-state index >= 15 is 0 Å². The lowest BCUT2D eigenvalue weighted by atomic mass is 10.0. The van der Waals surface area contributed by atoms with Crippen molar-refractivity contribution in [1.82, 2.24) is 10.3 Å². The summed E-state index contributed by atoms with van der Waals surface area (Å²) in [4.78, 5) is 24.0. The van der Waals surface area contributed by atoms with E-state index in [0.29, 0.717) is 17.2 Å². The molecule has 1 aliphatic rings.